The maximum atomic E-state index is 11.6. The van der Waals surface area contributed by atoms with Crippen molar-refractivity contribution in [2.75, 3.05) is 0 Å². The summed E-state index contributed by atoms with van der Waals surface area (Å²) < 4.78 is 37.9. The zero-order valence-corrected chi connectivity index (χ0v) is 5.96. The second-order valence-electron chi connectivity index (χ2n) is 1.41. The Morgan fingerprint density at radius 3 is 2.30 bits per heavy atom. The van der Waals surface area contributed by atoms with E-state index in [1.165, 1.54) is 0 Å². The van der Waals surface area contributed by atoms with Gasteiger partial charge >= 0.3 is 6.18 Å². The fourth-order valence-electron chi connectivity index (χ4n) is 0.348. The third-order valence-electron chi connectivity index (χ3n) is 0.689. The van der Waals surface area contributed by atoms with Crippen LogP contribution in [0.2, 0.25) is 0 Å². The molecule has 0 saturated carbocycles. The van der Waals surface area contributed by atoms with E-state index in [1.54, 1.807) is 0 Å². The molecule has 2 nitrogen and oxygen atoms in total. The number of alkyl halides is 3. The first-order chi connectivity index (χ1) is 4.50. The van der Waals surface area contributed by atoms with Crippen LogP contribution in [0.1, 0.15) is 5.82 Å². The van der Waals surface area contributed by atoms with Gasteiger partial charge in [-0.2, -0.15) is 18.2 Å². The highest BCUT2D eigenvalue weighted by Crippen LogP contribution is 2.29. The standard InChI is InChI=1S/C3HClF3N2S/c4-10-1-8-2(9-10)3(5,6)7/h1H/q+1. The summed E-state index contributed by atoms with van der Waals surface area (Å²) in [6.07, 6.45) is -4.47. The summed E-state index contributed by atoms with van der Waals surface area (Å²) in [7, 11) is 4.00. The first kappa shape index (κ1) is 7.74. The molecule has 0 aliphatic carbocycles. The van der Waals surface area contributed by atoms with Crippen LogP contribution in [-0.4, -0.2) is 9.36 Å². The SMILES string of the molecule is FC(F)(F)c1nc[s+](Cl)n1. The summed E-state index contributed by atoms with van der Waals surface area (Å²) >= 11 is 0. The predicted molar refractivity (Wildman–Crippen MR) is 30.8 cm³/mol. The molecule has 10 heavy (non-hydrogen) atoms. The highest BCUT2D eigenvalue weighted by Gasteiger charge is 2.38. The van der Waals surface area contributed by atoms with Gasteiger partial charge in [-0.25, -0.2) is 0 Å². The van der Waals surface area contributed by atoms with Gasteiger partial charge in [0.2, 0.25) is 20.6 Å². The minimum atomic E-state index is -4.47. The molecule has 1 aromatic rings. The molecule has 56 valence electrons. The summed E-state index contributed by atoms with van der Waals surface area (Å²) in [6, 6.07) is 0. The second-order valence-corrected chi connectivity index (χ2v) is 3.28. The Hall–Kier alpha value is -0.360. The number of hydrogen-bond donors (Lipinski definition) is 0. The molecule has 1 aromatic heterocycles. The molecule has 1 rings (SSSR count). The molecule has 0 bridgehead atoms. The van der Waals surface area contributed by atoms with Crippen LogP contribution < -0.4 is 0 Å². The average molecular weight is 190 g/mol. The normalized spacial score (nSPS) is 13.8. The summed E-state index contributed by atoms with van der Waals surface area (Å²) in [6.45, 7) is 0. The lowest BCUT2D eigenvalue weighted by Crippen LogP contribution is -2.06. The molecule has 1 unspecified atom stereocenters. The zero-order chi connectivity index (χ0) is 7.78. The fraction of sp³-hybridized carbons (Fsp3) is 0.333. The Kier molecular flexibility index (Phi) is 1.82. The largest absolute Gasteiger partial charge is 0.456 e. The van der Waals surface area contributed by atoms with E-state index in [4.69, 9.17) is 10.7 Å². The van der Waals surface area contributed by atoms with Crippen LogP contribution in [0.15, 0.2) is 5.51 Å². The van der Waals surface area contributed by atoms with Crippen molar-refractivity contribution in [1.29, 1.82) is 0 Å². The Balaban J connectivity index is 2.96. The maximum Gasteiger partial charge on any atom is 0.456 e. The van der Waals surface area contributed by atoms with E-state index in [1.807, 2.05) is 0 Å². The van der Waals surface area contributed by atoms with Crippen molar-refractivity contribution in [3.05, 3.63) is 11.3 Å². The first-order valence-electron chi connectivity index (χ1n) is 2.09. The smallest absolute Gasteiger partial charge is 0.172 e. The van der Waals surface area contributed by atoms with Gasteiger partial charge in [-0.05, 0) is 0 Å². The van der Waals surface area contributed by atoms with Crippen LogP contribution in [0, 0.1) is 0 Å². The van der Waals surface area contributed by atoms with Gasteiger partial charge in [-0.3, -0.25) is 0 Å². The van der Waals surface area contributed by atoms with E-state index >= 15 is 0 Å². The van der Waals surface area contributed by atoms with Crippen molar-refractivity contribution in [3.63, 3.8) is 0 Å². The summed E-state index contributed by atoms with van der Waals surface area (Å²) in [5.41, 5.74) is 0.963. The summed E-state index contributed by atoms with van der Waals surface area (Å²) in [4.78, 5) is 2.97. The van der Waals surface area contributed by atoms with Crippen LogP contribution in [0.25, 0.3) is 0 Å². The van der Waals surface area contributed by atoms with E-state index in [0.29, 0.717) is 0 Å². The highest BCUT2D eigenvalue weighted by atomic mass is 35.7. The zero-order valence-electron chi connectivity index (χ0n) is 4.39. The van der Waals surface area contributed by atoms with Gasteiger partial charge in [-0.1, -0.05) is 0 Å². The molecule has 1 atom stereocenters. The molecule has 0 N–H and O–H groups in total. The second kappa shape index (κ2) is 2.35. The molecule has 0 saturated heterocycles. The van der Waals surface area contributed by atoms with Crippen molar-refractivity contribution in [2.45, 2.75) is 6.18 Å². The molecule has 7 heteroatoms. The van der Waals surface area contributed by atoms with E-state index in [0.717, 1.165) is 5.51 Å². The molecule has 0 amide bonds. The van der Waals surface area contributed by atoms with Gasteiger partial charge in [0.15, 0.2) is 0 Å². The van der Waals surface area contributed by atoms with Gasteiger partial charge < -0.3 is 0 Å². The number of hydrogen-bond acceptors (Lipinski definition) is 2. The van der Waals surface area contributed by atoms with Gasteiger partial charge in [0.1, 0.15) is 0 Å². The summed E-state index contributed by atoms with van der Waals surface area (Å²) in [5.74, 6) is -1.15. The van der Waals surface area contributed by atoms with Gasteiger partial charge in [0.25, 0.3) is 11.3 Å². The summed E-state index contributed by atoms with van der Waals surface area (Å²) in [5, 5.41) is 0. The van der Waals surface area contributed by atoms with E-state index in [-0.39, 0.29) is 0 Å². The van der Waals surface area contributed by atoms with Crippen molar-refractivity contribution in [1.82, 2.24) is 9.36 Å². The van der Waals surface area contributed by atoms with Crippen molar-refractivity contribution >= 4 is 20.6 Å². The van der Waals surface area contributed by atoms with Gasteiger partial charge in [0, 0.05) is 4.37 Å². The molecule has 1 heterocycles. The first-order valence-corrected chi connectivity index (χ1v) is 4.17. The lowest BCUT2D eigenvalue weighted by atomic mass is 10.6. The van der Waals surface area contributed by atoms with Crippen LogP contribution >= 0.6 is 20.6 Å². The molecular formula is C3HClF3N2S+. The van der Waals surface area contributed by atoms with Crippen molar-refractivity contribution in [2.24, 2.45) is 0 Å². The van der Waals surface area contributed by atoms with Crippen LogP contribution in [0.3, 0.4) is 0 Å². The van der Waals surface area contributed by atoms with Crippen LogP contribution in [0.4, 0.5) is 13.2 Å². The molecule has 0 aliphatic rings. The lowest BCUT2D eigenvalue weighted by molar-refractivity contribution is -0.144. The van der Waals surface area contributed by atoms with Crippen molar-refractivity contribution in [3.8, 4) is 0 Å². The maximum absolute atomic E-state index is 11.6. The van der Waals surface area contributed by atoms with Gasteiger partial charge in [-0.15, -0.1) is 0 Å². The Bertz CT molecular complexity index is 232. The fourth-order valence-corrected chi connectivity index (χ4v) is 1.21. The highest BCUT2D eigenvalue weighted by molar-refractivity contribution is 7.57. The lowest BCUT2D eigenvalue weighted by Gasteiger charge is -1.94. The Morgan fingerprint density at radius 2 is 2.10 bits per heavy atom. The van der Waals surface area contributed by atoms with Crippen LogP contribution in [-0.2, 0) is 6.18 Å². The Labute approximate surface area is 61.3 Å². The van der Waals surface area contributed by atoms with Gasteiger partial charge in [0.05, 0.1) is 0 Å². The van der Waals surface area contributed by atoms with Crippen molar-refractivity contribution < 1.29 is 13.2 Å². The molecular weight excluding hydrogens is 189 g/mol. The number of rotatable bonds is 0. The number of halogens is 4. The molecule has 0 spiro atoms. The minimum Gasteiger partial charge on any atom is -0.172 e. The predicted octanol–water partition coefficient (Wildman–Crippen LogP) is 2.25. The third kappa shape index (κ3) is 1.57. The Morgan fingerprint density at radius 1 is 1.50 bits per heavy atom. The molecule has 0 fully saturated rings. The molecule has 0 aliphatic heterocycles. The van der Waals surface area contributed by atoms with E-state index < -0.39 is 21.9 Å². The quantitative estimate of drug-likeness (QED) is 0.585. The minimum absolute atomic E-state index is 0.963. The van der Waals surface area contributed by atoms with E-state index in [2.05, 4.69) is 9.36 Å². The molecule has 0 aromatic carbocycles. The van der Waals surface area contributed by atoms with Crippen LogP contribution in [0.5, 0.6) is 0 Å². The average Bonchev–Trinajstić information content (AvgIpc) is 2.11. The number of aromatic nitrogens is 2. The monoisotopic (exact) mass is 189 g/mol. The van der Waals surface area contributed by atoms with E-state index in [9.17, 15) is 13.2 Å². The topological polar surface area (TPSA) is 25.8 Å². The molecule has 0 radical (unpaired) electrons. The number of nitrogens with zero attached hydrogens (tertiary/aromatic N) is 2. The third-order valence-corrected chi connectivity index (χ3v) is 1.76.